The Kier molecular flexibility index (Phi) is 3.83. The normalized spacial score (nSPS) is 22.6. The summed E-state index contributed by atoms with van der Waals surface area (Å²) in [6, 6.07) is 0. The lowest BCUT2D eigenvalue weighted by atomic mass is 10.2. The smallest absolute Gasteiger partial charge is 0.343 e. The summed E-state index contributed by atoms with van der Waals surface area (Å²) >= 11 is 1.88. The van der Waals surface area contributed by atoms with Crippen LogP contribution in [0.4, 0.5) is 0 Å². The summed E-state index contributed by atoms with van der Waals surface area (Å²) < 4.78 is 1.58. The van der Waals surface area contributed by atoms with Gasteiger partial charge in [-0.1, -0.05) is 11.8 Å². The summed E-state index contributed by atoms with van der Waals surface area (Å²) in [5, 5.41) is 5.37. The molecule has 1 aromatic rings. The standard InChI is InChI=1S/C13H22N6OS/c1-13(2)9-14-12(21-13)19-6-4-18(5-7-19)8-10-15-11(20)17(3)16-10/h4-9H2,1-3H3,(H,15,16,20). The third-order valence-electron chi connectivity index (χ3n) is 3.79. The van der Waals surface area contributed by atoms with E-state index >= 15 is 0 Å². The topological polar surface area (TPSA) is 69.5 Å². The molecular formula is C13H22N6OS. The zero-order valence-electron chi connectivity index (χ0n) is 12.8. The molecule has 21 heavy (non-hydrogen) atoms. The number of nitrogens with zero attached hydrogens (tertiary/aromatic N) is 5. The predicted octanol–water partition coefficient (Wildman–Crippen LogP) is 0.107. The third kappa shape index (κ3) is 3.32. The number of aliphatic imine (C=N–C) groups is 1. The molecule has 0 aromatic carbocycles. The van der Waals surface area contributed by atoms with Gasteiger partial charge in [0.25, 0.3) is 0 Å². The Hall–Kier alpha value is -1.28. The van der Waals surface area contributed by atoms with Gasteiger partial charge >= 0.3 is 5.69 Å². The van der Waals surface area contributed by atoms with Gasteiger partial charge in [0.1, 0.15) is 5.82 Å². The number of amidine groups is 1. The van der Waals surface area contributed by atoms with E-state index in [2.05, 4.69) is 38.7 Å². The van der Waals surface area contributed by atoms with E-state index in [-0.39, 0.29) is 10.4 Å². The molecule has 1 aromatic heterocycles. The van der Waals surface area contributed by atoms with Crippen LogP contribution < -0.4 is 5.69 Å². The molecule has 8 heteroatoms. The van der Waals surface area contributed by atoms with E-state index < -0.39 is 0 Å². The number of H-pyrrole nitrogens is 1. The molecule has 7 nitrogen and oxygen atoms in total. The molecule has 1 N–H and O–H groups in total. The van der Waals surface area contributed by atoms with Crippen molar-refractivity contribution in [3.63, 3.8) is 0 Å². The van der Waals surface area contributed by atoms with Crippen molar-refractivity contribution in [2.75, 3.05) is 32.7 Å². The van der Waals surface area contributed by atoms with Crippen LogP contribution in [0.25, 0.3) is 0 Å². The number of thioether (sulfide) groups is 1. The molecule has 2 aliphatic rings. The van der Waals surface area contributed by atoms with Crippen LogP contribution in [0.2, 0.25) is 0 Å². The molecule has 2 aliphatic heterocycles. The van der Waals surface area contributed by atoms with Crippen molar-refractivity contribution in [2.24, 2.45) is 12.0 Å². The van der Waals surface area contributed by atoms with Gasteiger partial charge in [0.05, 0.1) is 13.1 Å². The minimum atomic E-state index is -0.150. The fourth-order valence-corrected chi connectivity index (χ4v) is 3.63. The number of rotatable bonds is 2. The van der Waals surface area contributed by atoms with Crippen molar-refractivity contribution < 1.29 is 0 Å². The van der Waals surface area contributed by atoms with Crippen molar-refractivity contribution in [2.45, 2.75) is 25.1 Å². The second-order valence-electron chi connectivity index (χ2n) is 6.22. The SMILES string of the molecule is Cn1nc(CN2CCN(C3=NCC(C)(C)S3)CC2)[nH]c1=O. The first-order valence-corrected chi connectivity index (χ1v) is 8.07. The predicted molar refractivity (Wildman–Crippen MR) is 84.7 cm³/mol. The van der Waals surface area contributed by atoms with E-state index in [0.717, 1.165) is 38.5 Å². The van der Waals surface area contributed by atoms with Crippen LogP contribution in [-0.4, -0.2) is 67.2 Å². The average molecular weight is 310 g/mol. The molecule has 0 atom stereocenters. The van der Waals surface area contributed by atoms with E-state index in [1.807, 2.05) is 11.8 Å². The van der Waals surface area contributed by atoms with Crippen molar-refractivity contribution in [1.82, 2.24) is 24.6 Å². The van der Waals surface area contributed by atoms with Gasteiger partial charge in [-0.05, 0) is 13.8 Å². The fourth-order valence-electron chi connectivity index (χ4n) is 2.57. The molecule has 0 amide bonds. The second-order valence-corrected chi connectivity index (χ2v) is 7.90. The van der Waals surface area contributed by atoms with E-state index in [4.69, 9.17) is 0 Å². The Morgan fingerprint density at radius 2 is 2.00 bits per heavy atom. The van der Waals surface area contributed by atoms with Crippen LogP contribution in [0.5, 0.6) is 0 Å². The molecule has 0 bridgehead atoms. The number of hydrogen-bond donors (Lipinski definition) is 1. The molecule has 0 spiro atoms. The summed E-state index contributed by atoms with van der Waals surface area (Å²) in [6.07, 6.45) is 0. The van der Waals surface area contributed by atoms with Crippen LogP contribution in [-0.2, 0) is 13.6 Å². The zero-order chi connectivity index (χ0) is 15.0. The van der Waals surface area contributed by atoms with Gasteiger partial charge in [-0.25, -0.2) is 9.48 Å². The van der Waals surface area contributed by atoms with Gasteiger partial charge in [-0.2, -0.15) is 5.10 Å². The van der Waals surface area contributed by atoms with Gasteiger partial charge in [0.15, 0.2) is 5.17 Å². The first kappa shape index (κ1) is 14.6. The minimum Gasteiger partial charge on any atom is -0.349 e. The van der Waals surface area contributed by atoms with Crippen molar-refractivity contribution in [1.29, 1.82) is 0 Å². The highest BCUT2D eigenvalue weighted by atomic mass is 32.2. The quantitative estimate of drug-likeness (QED) is 0.839. The van der Waals surface area contributed by atoms with Crippen LogP contribution in [0.3, 0.4) is 0 Å². The Morgan fingerprint density at radius 3 is 2.52 bits per heavy atom. The Bertz CT molecular complexity index is 596. The third-order valence-corrected chi connectivity index (χ3v) is 5.05. The first-order valence-electron chi connectivity index (χ1n) is 7.26. The molecular weight excluding hydrogens is 288 g/mol. The van der Waals surface area contributed by atoms with Gasteiger partial charge in [0, 0.05) is 38.0 Å². The van der Waals surface area contributed by atoms with Crippen LogP contribution in [0.1, 0.15) is 19.7 Å². The van der Waals surface area contributed by atoms with Gasteiger partial charge in [0.2, 0.25) is 0 Å². The van der Waals surface area contributed by atoms with Gasteiger partial charge < -0.3 is 4.90 Å². The summed E-state index contributed by atoms with van der Waals surface area (Å²) in [5.74, 6) is 0.740. The lowest BCUT2D eigenvalue weighted by Gasteiger charge is -2.35. The van der Waals surface area contributed by atoms with Crippen molar-refractivity contribution >= 4 is 16.9 Å². The summed E-state index contributed by atoms with van der Waals surface area (Å²) in [5.41, 5.74) is -0.150. The number of aromatic nitrogens is 3. The highest BCUT2D eigenvalue weighted by Crippen LogP contribution is 2.33. The molecule has 1 fully saturated rings. The summed E-state index contributed by atoms with van der Waals surface area (Å²) in [7, 11) is 1.66. The Balaban J connectivity index is 1.52. The lowest BCUT2D eigenvalue weighted by molar-refractivity contribution is 0.174. The number of aromatic amines is 1. The van der Waals surface area contributed by atoms with Crippen LogP contribution >= 0.6 is 11.8 Å². The summed E-state index contributed by atoms with van der Waals surface area (Å²) in [6.45, 7) is 10.00. The maximum Gasteiger partial charge on any atom is 0.343 e. The fraction of sp³-hybridized carbons (Fsp3) is 0.769. The van der Waals surface area contributed by atoms with Crippen molar-refractivity contribution in [3.05, 3.63) is 16.3 Å². The Labute approximate surface area is 128 Å². The van der Waals surface area contributed by atoms with Crippen molar-refractivity contribution in [3.8, 4) is 0 Å². The molecule has 3 heterocycles. The Morgan fingerprint density at radius 1 is 1.29 bits per heavy atom. The second kappa shape index (κ2) is 5.49. The molecule has 3 rings (SSSR count). The van der Waals surface area contributed by atoms with E-state index in [1.165, 1.54) is 9.85 Å². The lowest BCUT2D eigenvalue weighted by Crippen LogP contribution is -2.47. The first-order chi connectivity index (χ1) is 9.93. The maximum atomic E-state index is 11.4. The number of hydrogen-bond acceptors (Lipinski definition) is 6. The summed E-state index contributed by atoms with van der Waals surface area (Å²) in [4.78, 5) is 23.5. The minimum absolute atomic E-state index is 0.150. The molecule has 0 aliphatic carbocycles. The molecule has 0 radical (unpaired) electrons. The average Bonchev–Trinajstić information content (AvgIpc) is 2.94. The highest BCUT2D eigenvalue weighted by Gasteiger charge is 2.31. The molecule has 0 unspecified atom stereocenters. The number of piperazine rings is 1. The van der Waals surface area contributed by atoms with E-state index in [0.29, 0.717) is 6.54 Å². The van der Waals surface area contributed by atoms with Gasteiger partial charge in [-0.15, -0.1) is 0 Å². The van der Waals surface area contributed by atoms with Gasteiger partial charge in [-0.3, -0.25) is 14.9 Å². The number of nitrogens with one attached hydrogen (secondary N) is 1. The van der Waals surface area contributed by atoms with Crippen LogP contribution in [0.15, 0.2) is 9.79 Å². The van der Waals surface area contributed by atoms with Crippen LogP contribution in [0, 0.1) is 0 Å². The highest BCUT2D eigenvalue weighted by molar-refractivity contribution is 8.15. The zero-order valence-corrected chi connectivity index (χ0v) is 13.6. The molecule has 0 saturated carbocycles. The van der Waals surface area contributed by atoms with E-state index in [1.54, 1.807) is 7.05 Å². The number of aryl methyl sites for hydroxylation is 1. The molecule has 1 saturated heterocycles. The molecule has 116 valence electrons. The largest absolute Gasteiger partial charge is 0.349 e. The maximum absolute atomic E-state index is 11.4. The van der Waals surface area contributed by atoms with E-state index in [9.17, 15) is 4.79 Å². The monoisotopic (exact) mass is 310 g/mol.